The predicted octanol–water partition coefficient (Wildman–Crippen LogP) is 3.54. The van der Waals surface area contributed by atoms with Crippen molar-refractivity contribution >= 4 is 22.6 Å². The molecule has 0 unspecified atom stereocenters. The smallest absolute Gasteiger partial charge is 0.277 e. The molecule has 0 radical (unpaired) electrons. The quantitative estimate of drug-likeness (QED) is 0.535. The second kappa shape index (κ2) is 7.47. The standard InChI is InChI=1S/C21H20N2O4/c1-13(14-4-3-5-19(12-14)27-2)23(26)21(25)18-9-7-15-10-17(20(22)24)8-6-16(15)11-18/h3-13,26H,1-2H3,(H2,22,24)/t13-/m1/s1. The molecule has 3 rings (SSSR count). The van der Waals surface area contributed by atoms with Gasteiger partial charge < -0.3 is 10.5 Å². The van der Waals surface area contributed by atoms with Gasteiger partial charge in [0.1, 0.15) is 5.75 Å². The molecule has 0 spiro atoms. The van der Waals surface area contributed by atoms with Crippen molar-refractivity contribution < 1.29 is 19.5 Å². The molecule has 6 heteroatoms. The molecule has 0 fully saturated rings. The van der Waals surface area contributed by atoms with Crippen LogP contribution in [0.5, 0.6) is 5.75 Å². The minimum atomic E-state index is -0.555. The van der Waals surface area contributed by atoms with Crippen LogP contribution < -0.4 is 10.5 Å². The van der Waals surface area contributed by atoms with Crippen molar-refractivity contribution in [1.82, 2.24) is 5.06 Å². The highest BCUT2D eigenvalue weighted by molar-refractivity contribution is 6.01. The van der Waals surface area contributed by atoms with Crippen molar-refractivity contribution in [2.45, 2.75) is 13.0 Å². The molecule has 0 bridgehead atoms. The number of carbonyl (C=O) groups excluding carboxylic acids is 2. The number of nitrogens with zero attached hydrogens (tertiary/aromatic N) is 1. The van der Waals surface area contributed by atoms with Crippen molar-refractivity contribution in [2.24, 2.45) is 5.73 Å². The molecule has 138 valence electrons. The molecule has 3 N–H and O–H groups in total. The molecular weight excluding hydrogens is 344 g/mol. The van der Waals surface area contributed by atoms with Gasteiger partial charge in [0.25, 0.3) is 5.91 Å². The molecular formula is C21H20N2O4. The topological polar surface area (TPSA) is 92.9 Å². The Balaban J connectivity index is 1.87. The number of carbonyl (C=O) groups is 2. The van der Waals surface area contributed by atoms with Crippen LogP contribution in [-0.2, 0) is 0 Å². The van der Waals surface area contributed by atoms with E-state index in [-0.39, 0.29) is 0 Å². The molecule has 0 saturated heterocycles. The Morgan fingerprint density at radius 3 is 2.26 bits per heavy atom. The maximum atomic E-state index is 12.7. The van der Waals surface area contributed by atoms with E-state index in [1.54, 1.807) is 68.6 Å². The van der Waals surface area contributed by atoms with Gasteiger partial charge in [0.2, 0.25) is 5.91 Å². The van der Waals surface area contributed by atoms with Gasteiger partial charge in [0.05, 0.1) is 13.2 Å². The van der Waals surface area contributed by atoms with Crippen LogP contribution in [0.2, 0.25) is 0 Å². The first-order valence-corrected chi connectivity index (χ1v) is 8.40. The van der Waals surface area contributed by atoms with Crippen LogP contribution in [0.4, 0.5) is 0 Å². The Morgan fingerprint density at radius 1 is 1.00 bits per heavy atom. The first-order chi connectivity index (χ1) is 12.9. The number of fused-ring (bicyclic) bond motifs is 1. The zero-order valence-corrected chi connectivity index (χ0v) is 15.0. The Labute approximate surface area is 156 Å². The lowest BCUT2D eigenvalue weighted by Crippen LogP contribution is -2.30. The number of nitrogens with two attached hydrogens (primary N) is 1. The van der Waals surface area contributed by atoms with E-state index in [1.807, 2.05) is 6.07 Å². The second-order valence-corrected chi connectivity index (χ2v) is 6.24. The molecule has 0 aliphatic carbocycles. The number of methoxy groups -OCH3 is 1. The summed E-state index contributed by atoms with van der Waals surface area (Å²) in [6.45, 7) is 1.73. The van der Waals surface area contributed by atoms with Gasteiger partial charge in [0.15, 0.2) is 0 Å². The summed E-state index contributed by atoms with van der Waals surface area (Å²) >= 11 is 0. The first-order valence-electron chi connectivity index (χ1n) is 8.40. The molecule has 0 saturated carbocycles. The summed E-state index contributed by atoms with van der Waals surface area (Å²) < 4.78 is 5.19. The molecule has 27 heavy (non-hydrogen) atoms. The number of rotatable bonds is 5. The van der Waals surface area contributed by atoms with Gasteiger partial charge >= 0.3 is 0 Å². The summed E-state index contributed by atoms with van der Waals surface area (Å²) in [5, 5.41) is 12.7. The highest BCUT2D eigenvalue weighted by Gasteiger charge is 2.22. The lowest BCUT2D eigenvalue weighted by Gasteiger charge is -2.23. The van der Waals surface area contributed by atoms with Gasteiger partial charge in [-0.2, -0.15) is 0 Å². The summed E-state index contributed by atoms with van der Waals surface area (Å²) in [6, 6.07) is 16.6. The van der Waals surface area contributed by atoms with Crippen molar-refractivity contribution in [1.29, 1.82) is 0 Å². The molecule has 0 aliphatic heterocycles. The zero-order valence-electron chi connectivity index (χ0n) is 15.0. The van der Waals surface area contributed by atoms with Gasteiger partial charge in [-0.15, -0.1) is 0 Å². The third-order valence-corrected chi connectivity index (χ3v) is 4.52. The number of hydrogen-bond donors (Lipinski definition) is 2. The predicted molar refractivity (Wildman–Crippen MR) is 102 cm³/mol. The van der Waals surface area contributed by atoms with E-state index >= 15 is 0 Å². The fraction of sp³-hybridized carbons (Fsp3) is 0.143. The maximum Gasteiger partial charge on any atom is 0.277 e. The fourth-order valence-electron chi connectivity index (χ4n) is 2.88. The highest BCUT2D eigenvalue weighted by atomic mass is 16.5. The second-order valence-electron chi connectivity index (χ2n) is 6.24. The van der Waals surface area contributed by atoms with E-state index in [1.165, 1.54) is 0 Å². The average molecular weight is 364 g/mol. The van der Waals surface area contributed by atoms with Gasteiger partial charge in [-0.1, -0.05) is 24.3 Å². The Hall–Kier alpha value is -3.38. The molecule has 0 aliphatic rings. The summed E-state index contributed by atoms with van der Waals surface area (Å²) in [7, 11) is 1.56. The van der Waals surface area contributed by atoms with Crippen molar-refractivity contribution in [3.8, 4) is 5.75 Å². The number of amides is 2. The highest BCUT2D eigenvalue weighted by Crippen LogP contribution is 2.25. The lowest BCUT2D eigenvalue weighted by molar-refractivity contribution is -0.0854. The van der Waals surface area contributed by atoms with Crippen LogP contribution in [-0.4, -0.2) is 29.2 Å². The van der Waals surface area contributed by atoms with E-state index in [9.17, 15) is 14.8 Å². The van der Waals surface area contributed by atoms with Gasteiger partial charge in [-0.3, -0.25) is 14.8 Å². The molecule has 1 atom stereocenters. The molecule has 6 nitrogen and oxygen atoms in total. The number of ether oxygens (including phenoxy) is 1. The van der Waals surface area contributed by atoms with Crippen molar-refractivity contribution in [3.05, 3.63) is 77.4 Å². The number of benzene rings is 3. The number of hydrogen-bond acceptors (Lipinski definition) is 4. The van der Waals surface area contributed by atoms with Crippen LogP contribution in [0.15, 0.2) is 60.7 Å². The normalized spacial score (nSPS) is 11.8. The third-order valence-electron chi connectivity index (χ3n) is 4.52. The number of primary amides is 1. The summed E-state index contributed by atoms with van der Waals surface area (Å²) in [4.78, 5) is 24.0. The van der Waals surface area contributed by atoms with Crippen LogP contribution in [0, 0.1) is 0 Å². The number of hydroxylamine groups is 2. The summed E-state index contributed by atoms with van der Waals surface area (Å²) in [5.74, 6) is -0.381. The van der Waals surface area contributed by atoms with Crippen molar-refractivity contribution in [2.75, 3.05) is 7.11 Å². The lowest BCUT2D eigenvalue weighted by atomic mass is 10.0. The zero-order chi connectivity index (χ0) is 19.6. The van der Waals surface area contributed by atoms with E-state index in [0.717, 1.165) is 16.3 Å². The first kappa shape index (κ1) is 18.4. The summed E-state index contributed by atoms with van der Waals surface area (Å²) in [5.41, 5.74) is 6.78. The summed E-state index contributed by atoms with van der Waals surface area (Å²) in [6.07, 6.45) is 0. The monoisotopic (exact) mass is 364 g/mol. The van der Waals surface area contributed by atoms with E-state index in [0.29, 0.717) is 21.9 Å². The van der Waals surface area contributed by atoms with E-state index < -0.39 is 17.9 Å². The largest absolute Gasteiger partial charge is 0.497 e. The average Bonchev–Trinajstić information content (AvgIpc) is 2.71. The van der Waals surface area contributed by atoms with Crippen molar-refractivity contribution in [3.63, 3.8) is 0 Å². The minimum Gasteiger partial charge on any atom is -0.497 e. The minimum absolute atomic E-state index is 0.339. The van der Waals surface area contributed by atoms with E-state index in [2.05, 4.69) is 0 Å². The fourth-order valence-corrected chi connectivity index (χ4v) is 2.88. The molecule has 3 aromatic carbocycles. The Kier molecular flexibility index (Phi) is 5.09. The van der Waals surface area contributed by atoms with Gasteiger partial charge in [-0.05, 0) is 59.7 Å². The molecule has 3 aromatic rings. The van der Waals surface area contributed by atoms with Crippen LogP contribution in [0.3, 0.4) is 0 Å². The van der Waals surface area contributed by atoms with Gasteiger partial charge in [-0.25, -0.2) is 5.06 Å². The Bertz CT molecular complexity index is 1020. The van der Waals surface area contributed by atoms with Crippen LogP contribution in [0.1, 0.15) is 39.2 Å². The third kappa shape index (κ3) is 3.75. The van der Waals surface area contributed by atoms with Crippen LogP contribution in [0.25, 0.3) is 10.8 Å². The Morgan fingerprint density at radius 2 is 1.63 bits per heavy atom. The SMILES string of the molecule is COc1cccc([C@@H](C)N(O)C(=O)c2ccc3cc(C(N)=O)ccc3c2)c1. The van der Waals surface area contributed by atoms with Gasteiger partial charge in [0, 0.05) is 11.1 Å². The molecule has 0 heterocycles. The maximum absolute atomic E-state index is 12.7. The van der Waals surface area contributed by atoms with E-state index in [4.69, 9.17) is 10.5 Å². The van der Waals surface area contributed by atoms with Crippen LogP contribution >= 0.6 is 0 Å². The molecule has 0 aromatic heterocycles. The molecule has 2 amide bonds.